The number of nitrogens with zero attached hydrogens (tertiary/aromatic N) is 1. The van der Waals surface area contributed by atoms with Crippen LogP contribution in [0.3, 0.4) is 0 Å². The number of aromatic carboxylic acids is 1. The Morgan fingerprint density at radius 1 is 1.60 bits per heavy atom. The van der Waals surface area contributed by atoms with Gasteiger partial charge in [0.25, 0.3) is 0 Å². The molecule has 2 aliphatic rings. The summed E-state index contributed by atoms with van der Waals surface area (Å²) in [5.41, 5.74) is 3.07. The van der Waals surface area contributed by atoms with E-state index in [1.54, 1.807) is 0 Å². The van der Waals surface area contributed by atoms with Crippen LogP contribution in [0.4, 0.5) is 0 Å². The van der Waals surface area contributed by atoms with E-state index >= 15 is 0 Å². The Balaban J connectivity index is 2.19. The highest BCUT2D eigenvalue weighted by molar-refractivity contribution is 5.86. The van der Waals surface area contributed by atoms with Gasteiger partial charge in [0.1, 0.15) is 5.69 Å². The monoisotopic (exact) mass is 206 g/mol. The fraction of sp³-hybridized carbons (Fsp3) is 0.545. The van der Waals surface area contributed by atoms with Gasteiger partial charge >= 0.3 is 5.97 Å². The van der Waals surface area contributed by atoms with Crippen molar-refractivity contribution < 1.29 is 9.90 Å². The number of carboxylic acids is 1. The Labute approximate surface area is 87.9 Å². The van der Waals surface area contributed by atoms with Gasteiger partial charge < -0.3 is 15.0 Å². The Morgan fingerprint density at radius 2 is 2.33 bits per heavy atom. The second-order valence-electron chi connectivity index (χ2n) is 4.65. The maximum Gasteiger partial charge on any atom is 0.352 e. The lowest BCUT2D eigenvalue weighted by atomic mass is 9.95. The molecule has 15 heavy (non-hydrogen) atoms. The van der Waals surface area contributed by atoms with Crippen LogP contribution in [0.25, 0.3) is 0 Å². The molecule has 80 valence electrons. The van der Waals surface area contributed by atoms with Crippen LogP contribution in [0.5, 0.6) is 0 Å². The summed E-state index contributed by atoms with van der Waals surface area (Å²) in [5.74, 6) is -0.831. The van der Waals surface area contributed by atoms with Gasteiger partial charge in [-0.25, -0.2) is 4.79 Å². The standard InChI is InChI=1S/C11H14N2O2/c1-13-8(10(14)15)4-7-5-12-6-11(2-3-11)9(7)13/h4,12H,2-3,5-6H2,1H3,(H,14,15). The van der Waals surface area contributed by atoms with Gasteiger partial charge in [-0.05, 0) is 24.5 Å². The number of aromatic nitrogens is 1. The van der Waals surface area contributed by atoms with Crippen LogP contribution >= 0.6 is 0 Å². The van der Waals surface area contributed by atoms with Gasteiger partial charge in [-0.2, -0.15) is 0 Å². The average molecular weight is 206 g/mol. The zero-order valence-corrected chi connectivity index (χ0v) is 8.71. The Morgan fingerprint density at radius 3 is 2.93 bits per heavy atom. The first-order valence-electron chi connectivity index (χ1n) is 5.27. The van der Waals surface area contributed by atoms with Crippen molar-refractivity contribution in [3.05, 3.63) is 23.0 Å². The molecule has 2 N–H and O–H groups in total. The molecule has 4 nitrogen and oxygen atoms in total. The minimum Gasteiger partial charge on any atom is -0.477 e. The van der Waals surface area contributed by atoms with Crippen molar-refractivity contribution in [3.8, 4) is 0 Å². The molecular formula is C11H14N2O2. The summed E-state index contributed by atoms with van der Waals surface area (Å²) in [4.78, 5) is 11.0. The van der Waals surface area contributed by atoms with Crippen molar-refractivity contribution in [1.82, 2.24) is 9.88 Å². The minimum absolute atomic E-state index is 0.246. The third kappa shape index (κ3) is 1.08. The summed E-state index contributed by atoms with van der Waals surface area (Å²) in [6, 6.07) is 1.81. The summed E-state index contributed by atoms with van der Waals surface area (Å²) in [6.45, 7) is 1.80. The van der Waals surface area contributed by atoms with Crippen LogP contribution in [-0.4, -0.2) is 22.2 Å². The number of carboxylic acid groups (broad SMARTS) is 1. The van der Waals surface area contributed by atoms with Crippen LogP contribution in [0.1, 0.15) is 34.6 Å². The molecule has 1 saturated carbocycles. The second kappa shape index (κ2) is 2.64. The number of hydrogen-bond acceptors (Lipinski definition) is 2. The lowest BCUT2D eigenvalue weighted by molar-refractivity contribution is 0.0686. The molecule has 4 heteroatoms. The topological polar surface area (TPSA) is 54.3 Å². The van der Waals surface area contributed by atoms with E-state index in [-0.39, 0.29) is 5.41 Å². The number of hydrogen-bond donors (Lipinski definition) is 2. The van der Waals surface area contributed by atoms with Crippen molar-refractivity contribution in [2.45, 2.75) is 24.8 Å². The molecule has 1 spiro atoms. The second-order valence-corrected chi connectivity index (χ2v) is 4.65. The highest BCUT2D eigenvalue weighted by atomic mass is 16.4. The Hall–Kier alpha value is -1.29. The summed E-state index contributed by atoms with van der Waals surface area (Å²) < 4.78 is 1.87. The maximum atomic E-state index is 11.0. The fourth-order valence-electron chi connectivity index (χ4n) is 2.79. The predicted octanol–water partition coefficient (Wildman–Crippen LogP) is 0.858. The lowest BCUT2D eigenvalue weighted by Gasteiger charge is -2.24. The smallest absolute Gasteiger partial charge is 0.352 e. The molecule has 3 rings (SSSR count). The molecule has 1 aliphatic carbocycles. The van der Waals surface area contributed by atoms with E-state index in [0.29, 0.717) is 5.69 Å². The molecule has 0 amide bonds. The van der Waals surface area contributed by atoms with Crippen molar-refractivity contribution in [2.24, 2.45) is 7.05 Å². The summed E-state index contributed by atoms with van der Waals surface area (Å²) in [5, 5.41) is 12.4. The first-order chi connectivity index (χ1) is 7.14. The van der Waals surface area contributed by atoms with E-state index in [1.165, 1.54) is 24.1 Å². The SMILES string of the molecule is Cn1c(C(=O)O)cc2c1C1(CC1)CNC2. The van der Waals surface area contributed by atoms with Crippen LogP contribution in [0.2, 0.25) is 0 Å². The molecule has 2 heterocycles. The third-order valence-corrected chi connectivity index (χ3v) is 3.67. The zero-order valence-electron chi connectivity index (χ0n) is 8.71. The van der Waals surface area contributed by atoms with Crippen LogP contribution in [0.15, 0.2) is 6.07 Å². The molecule has 1 aromatic rings. The highest BCUT2D eigenvalue weighted by Crippen LogP contribution is 2.50. The molecule has 0 unspecified atom stereocenters. The average Bonchev–Trinajstić information content (AvgIpc) is 2.84. The van der Waals surface area contributed by atoms with Gasteiger partial charge in [-0.15, -0.1) is 0 Å². The van der Waals surface area contributed by atoms with Gasteiger partial charge in [0, 0.05) is 31.2 Å². The van der Waals surface area contributed by atoms with Crippen LogP contribution in [0, 0.1) is 0 Å². The van der Waals surface area contributed by atoms with E-state index < -0.39 is 5.97 Å². The van der Waals surface area contributed by atoms with E-state index in [4.69, 9.17) is 5.11 Å². The summed E-state index contributed by atoms with van der Waals surface area (Å²) in [7, 11) is 1.87. The zero-order chi connectivity index (χ0) is 10.6. The normalized spacial score (nSPS) is 21.4. The molecule has 1 aliphatic heterocycles. The van der Waals surface area contributed by atoms with Gasteiger partial charge in [-0.1, -0.05) is 0 Å². The van der Waals surface area contributed by atoms with Gasteiger partial charge in [-0.3, -0.25) is 0 Å². The van der Waals surface area contributed by atoms with E-state index in [9.17, 15) is 4.79 Å². The van der Waals surface area contributed by atoms with Crippen molar-refractivity contribution in [3.63, 3.8) is 0 Å². The largest absolute Gasteiger partial charge is 0.477 e. The van der Waals surface area contributed by atoms with Gasteiger partial charge in [0.05, 0.1) is 0 Å². The first kappa shape index (κ1) is 8.97. The molecule has 1 aromatic heterocycles. The van der Waals surface area contributed by atoms with E-state index in [1.807, 2.05) is 17.7 Å². The van der Waals surface area contributed by atoms with Crippen molar-refractivity contribution >= 4 is 5.97 Å². The van der Waals surface area contributed by atoms with Gasteiger partial charge in [0.15, 0.2) is 0 Å². The molecule has 0 bridgehead atoms. The van der Waals surface area contributed by atoms with Crippen LogP contribution in [-0.2, 0) is 19.0 Å². The summed E-state index contributed by atoms with van der Waals surface area (Å²) in [6.07, 6.45) is 2.37. The molecule has 1 fully saturated rings. The number of rotatable bonds is 1. The minimum atomic E-state index is -0.831. The summed E-state index contributed by atoms with van der Waals surface area (Å²) >= 11 is 0. The number of carbonyl (C=O) groups is 1. The first-order valence-corrected chi connectivity index (χ1v) is 5.27. The fourth-order valence-corrected chi connectivity index (χ4v) is 2.79. The Kier molecular flexibility index (Phi) is 1.58. The quantitative estimate of drug-likeness (QED) is 0.716. The van der Waals surface area contributed by atoms with E-state index in [0.717, 1.165) is 13.1 Å². The predicted molar refractivity (Wildman–Crippen MR) is 55.0 cm³/mol. The van der Waals surface area contributed by atoms with Gasteiger partial charge in [0.2, 0.25) is 0 Å². The molecule has 0 radical (unpaired) electrons. The molecule has 0 aromatic carbocycles. The van der Waals surface area contributed by atoms with Crippen molar-refractivity contribution in [2.75, 3.05) is 6.54 Å². The molecular weight excluding hydrogens is 192 g/mol. The maximum absolute atomic E-state index is 11.0. The molecule has 0 atom stereocenters. The highest BCUT2D eigenvalue weighted by Gasteiger charge is 2.49. The third-order valence-electron chi connectivity index (χ3n) is 3.67. The Bertz CT molecular complexity index is 444. The number of fused-ring (bicyclic) bond motifs is 2. The molecule has 0 saturated heterocycles. The number of nitrogens with one attached hydrogen (secondary N) is 1. The van der Waals surface area contributed by atoms with Crippen molar-refractivity contribution in [1.29, 1.82) is 0 Å². The van der Waals surface area contributed by atoms with Crippen LogP contribution < -0.4 is 5.32 Å². The lowest BCUT2D eigenvalue weighted by Crippen LogP contribution is -2.34. The van der Waals surface area contributed by atoms with E-state index in [2.05, 4.69) is 5.32 Å².